The maximum Gasteiger partial charge on any atom is 0.133 e. The monoisotopic (exact) mass is 289 g/mol. The third-order valence-corrected chi connectivity index (χ3v) is 3.30. The highest BCUT2D eigenvalue weighted by Crippen LogP contribution is 2.33. The fourth-order valence-corrected chi connectivity index (χ4v) is 2.04. The molecule has 0 bridgehead atoms. The third kappa shape index (κ3) is 3.52. The van der Waals surface area contributed by atoms with Gasteiger partial charge in [-0.2, -0.15) is 0 Å². The van der Waals surface area contributed by atoms with E-state index in [4.69, 9.17) is 4.74 Å². The minimum absolute atomic E-state index is 0.347. The molecule has 0 fully saturated rings. The Hall–Kier alpha value is -2.07. The number of ether oxygens (including phenoxy) is 1. The van der Waals surface area contributed by atoms with E-state index in [1.807, 2.05) is 43.3 Å². The Balaban J connectivity index is 2.39. The summed E-state index contributed by atoms with van der Waals surface area (Å²) in [4.78, 5) is 1.97. The van der Waals surface area contributed by atoms with Crippen molar-refractivity contribution in [2.45, 2.75) is 20.0 Å². The molecule has 112 valence electrons. The first-order chi connectivity index (χ1) is 9.88. The maximum atomic E-state index is 13.7. The summed E-state index contributed by atoms with van der Waals surface area (Å²) < 4.78 is 19.5. The van der Waals surface area contributed by atoms with E-state index in [1.165, 1.54) is 6.07 Å². The summed E-state index contributed by atoms with van der Waals surface area (Å²) in [6, 6.07) is 10.5. The van der Waals surface area contributed by atoms with Crippen molar-refractivity contribution in [2.75, 3.05) is 19.0 Å². The van der Waals surface area contributed by atoms with Crippen molar-refractivity contribution in [1.29, 1.82) is 0 Å². The molecule has 1 atom stereocenters. The Kier molecular flexibility index (Phi) is 4.48. The van der Waals surface area contributed by atoms with E-state index in [2.05, 4.69) is 0 Å². The zero-order valence-corrected chi connectivity index (χ0v) is 12.7. The lowest BCUT2D eigenvalue weighted by Crippen LogP contribution is -2.08. The Bertz CT molecular complexity index is 639. The van der Waals surface area contributed by atoms with Gasteiger partial charge in [0.15, 0.2) is 0 Å². The summed E-state index contributed by atoms with van der Waals surface area (Å²) in [5, 5.41) is 9.79. The van der Waals surface area contributed by atoms with Gasteiger partial charge in [-0.05, 0) is 43.7 Å². The molecule has 4 heteroatoms. The molecule has 2 aromatic rings. The second kappa shape index (κ2) is 6.14. The minimum Gasteiger partial charge on any atom is -0.457 e. The fraction of sp³-hybridized carbons (Fsp3) is 0.294. The van der Waals surface area contributed by atoms with Crippen LogP contribution in [0.25, 0.3) is 0 Å². The van der Waals surface area contributed by atoms with Gasteiger partial charge in [-0.3, -0.25) is 0 Å². The van der Waals surface area contributed by atoms with Crippen LogP contribution in [0.15, 0.2) is 36.4 Å². The van der Waals surface area contributed by atoms with Crippen LogP contribution in [0.3, 0.4) is 0 Å². The average Bonchev–Trinajstić information content (AvgIpc) is 2.42. The molecule has 0 aliphatic heterocycles. The summed E-state index contributed by atoms with van der Waals surface area (Å²) in [7, 11) is 3.89. The average molecular weight is 289 g/mol. The van der Waals surface area contributed by atoms with Crippen LogP contribution < -0.4 is 9.64 Å². The summed E-state index contributed by atoms with van der Waals surface area (Å²) in [5.74, 6) is 0.772. The highest BCUT2D eigenvalue weighted by molar-refractivity contribution is 5.51. The van der Waals surface area contributed by atoms with Gasteiger partial charge in [0, 0.05) is 31.4 Å². The van der Waals surface area contributed by atoms with Gasteiger partial charge in [0.2, 0.25) is 0 Å². The first kappa shape index (κ1) is 15.3. The van der Waals surface area contributed by atoms with Gasteiger partial charge >= 0.3 is 0 Å². The Morgan fingerprint density at radius 3 is 2.52 bits per heavy atom. The van der Waals surface area contributed by atoms with Crippen LogP contribution in [0.1, 0.15) is 24.2 Å². The number of hydrogen-bond donors (Lipinski definition) is 1. The van der Waals surface area contributed by atoms with Gasteiger partial charge in [0.1, 0.15) is 17.3 Å². The molecular formula is C17H20FNO2. The maximum absolute atomic E-state index is 13.7. The number of aliphatic hydroxyl groups excluding tert-OH is 1. The Labute approximate surface area is 124 Å². The number of aliphatic hydroxyl groups is 1. The molecule has 2 rings (SSSR count). The molecule has 0 aromatic heterocycles. The molecule has 1 N–H and O–H groups in total. The van der Waals surface area contributed by atoms with Crippen LogP contribution in [0.5, 0.6) is 11.5 Å². The van der Waals surface area contributed by atoms with Gasteiger partial charge in [-0.15, -0.1) is 0 Å². The number of aryl methyl sites for hydroxylation is 1. The molecule has 0 aliphatic rings. The van der Waals surface area contributed by atoms with Crippen molar-refractivity contribution < 1.29 is 14.2 Å². The van der Waals surface area contributed by atoms with E-state index in [9.17, 15) is 9.50 Å². The minimum atomic E-state index is -0.799. The van der Waals surface area contributed by atoms with Crippen LogP contribution >= 0.6 is 0 Å². The summed E-state index contributed by atoms with van der Waals surface area (Å²) >= 11 is 0. The standard InChI is InChI=1S/C17H20FNO2/c1-11-8-17(15(12(2)20)10-16(11)18)21-14-7-5-6-13(9-14)19(3)4/h5-10,12,20H,1-4H3/t12-/m1/s1. The second-order valence-corrected chi connectivity index (χ2v) is 5.31. The molecule has 0 saturated carbocycles. The first-order valence-corrected chi connectivity index (χ1v) is 6.82. The Morgan fingerprint density at radius 1 is 1.19 bits per heavy atom. The normalized spacial score (nSPS) is 12.1. The van der Waals surface area contributed by atoms with Crippen LogP contribution in [0.2, 0.25) is 0 Å². The smallest absolute Gasteiger partial charge is 0.133 e. The summed E-state index contributed by atoms with van der Waals surface area (Å²) in [6.07, 6.45) is -0.799. The lowest BCUT2D eigenvalue weighted by molar-refractivity contribution is 0.195. The second-order valence-electron chi connectivity index (χ2n) is 5.31. The van der Waals surface area contributed by atoms with Gasteiger partial charge in [-0.1, -0.05) is 6.07 Å². The predicted molar refractivity (Wildman–Crippen MR) is 82.6 cm³/mol. The van der Waals surface area contributed by atoms with Gasteiger partial charge in [0.05, 0.1) is 6.10 Å². The lowest BCUT2D eigenvalue weighted by Gasteiger charge is -2.17. The van der Waals surface area contributed by atoms with Crippen LogP contribution in [0.4, 0.5) is 10.1 Å². The van der Waals surface area contributed by atoms with E-state index in [0.29, 0.717) is 22.6 Å². The molecule has 21 heavy (non-hydrogen) atoms. The molecule has 0 spiro atoms. The Morgan fingerprint density at radius 2 is 1.90 bits per heavy atom. The molecule has 3 nitrogen and oxygen atoms in total. The number of hydrogen-bond acceptors (Lipinski definition) is 3. The number of halogens is 1. The fourth-order valence-electron chi connectivity index (χ4n) is 2.04. The number of benzene rings is 2. The predicted octanol–water partition coefficient (Wildman–Crippen LogP) is 4.05. The molecule has 0 aliphatic carbocycles. The van der Waals surface area contributed by atoms with E-state index in [0.717, 1.165) is 5.69 Å². The van der Waals surface area contributed by atoms with E-state index in [1.54, 1.807) is 19.9 Å². The molecule has 0 radical (unpaired) electrons. The molecule has 2 aromatic carbocycles. The molecule has 0 unspecified atom stereocenters. The quantitative estimate of drug-likeness (QED) is 0.921. The SMILES string of the molecule is Cc1cc(Oc2cccc(N(C)C)c2)c([C@@H](C)O)cc1F. The van der Waals surface area contributed by atoms with Gasteiger partial charge < -0.3 is 14.7 Å². The number of nitrogens with zero attached hydrogens (tertiary/aromatic N) is 1. The van der Waals surface area contributed by atoms with Gasteiger partial charge in [0.25, 0.3) is 0 Å². The molecule has 0 heterocycles. The molecule has 0 amide bonds. The highest BCUT2D eigenvalue weighted by Gasteiger charge is 2.14. The van der Waals surface area contributed by atoms with Crippen LogP contribution in [-0.2, 0) is 0 Å². The zero-order valence-electron chi connectivity index (χ0n) is 12.7. The highest BCUT2D eigenvalue weighted by atomic mass is 19.1. The van der Waals surface area contributed by atoms with Crippen molar-refractivity contribution >= 4 is 5.69 Å². The van der Waals surface area contributed by atoms with Crippen molar-refractivity contribution in [3.63, 3.8) is 0 Å². The van der Waals surface area contributed by atoms with Crippen LogP contribution in [-0.4, -0.2) is 19.2 Å². The topological polar surface area (TPSA) is 32.7 Å². The van der Waals surface area contributed by atoms with E-state index in [-0.39, 0.29) is 5.82 Å². The summed E-state index contributed by atoms with van der Waals surface area (Å²) in [6.45, 7) is 3.26. The van der Waals surface area contributed by atoms with Crippen molar-refractivity contribution in [2.24, 2.45) is 0 Å². The molecular weight excluding hydrogens is 269 g/mol. The number of rotatable bonds is 4. The van der Waals surface area contributed by atoms with Crippen molar-refractivity contribution in [1.82, 2.24) is 0 Å². The third-order valence-electron chi connectivity index (χ3n) is 3.30. The lowest BCUT2D eigenvalue weighted by atomic mass is 10.1. The summed E-state index contributed by atoms with van der Waals surface area (Å²) in [5.41, 5.74) is 1.93. The van der Waals surface area contributed by atoms with E-state index >= 15 is 0 Å². The molecule has 0 saturated heterocycles. The largest absolute Gasteiger partial charge is 0.457 e. The van der Waals surface area contributed by atoms with Gasteiger partial charge in [-0.25, -0.2) is 4.39 Å². The van der Waals surface area contributed by atoms with Crippen molar-refractivity contribution in [3.8, 4) is 11.5 Å². The number of anilines is 1. The first-order valence-electron chi connectivity index (χ1n) is 6.82. The zero-order chi connectivity index (χ0) is 15.6. The van der Waals surface area contributed by atoms with Crippen molar-refractivity contribution in [3.05, 3.63) is 53.3 Å². The van der Waals surface area contributed by atoms with E-state index < -0.39 is 6.10 Å². The van der Waals surface area contributed by atoms with Crippen LogP contribution in [0, 0.1) is 12.7 Å².